The van der Waals surface area contributed by atoms with Crippen LogP contribution in [0.15, 0.2) is 0 Å². The highest BCUT2D eigenvalue weighted by Crippen LogP contribution is 2.24. The van der Waals surface area contributed by atoms with E-state index in [-0.39, 0.29) is 18.5 Å². The van der Waals surface area contributed by atoms with Gasteiger partial charge in [0.1, 0.15) is 0 Å². The number of hydrogen-bond acceptors (Lipinski definition) is 3. The van der Waals surface area contributed by atoms with Crippen LogP contribution >= 0.6 is 0 Å². The van der Waals surface area contributed by atoms with Crippen molar-refractivity contribution < 1.29 is 14.7 Å². The molecule has 1 atom stereocenters. The number of rotatable bonds is 8. The number of nitrogens with zero attached hydrogens (tertiary/aromatic N) is 2. The van der Waals surface area contributed by atoms with Gasteiger partial charge in [-0.25, -0.2) is 4.79 Å². The van der Waals surface area contributed by atoms with Crippen molar-refractivity contribution in [2.45, 2.75) is 45.2 Å². The zero-order valence-corrected chi connectivity index (χ0v) is 12.1. The summed E-state index contributed by atoms with van der Waals surface area (Å²) in [5.41, 5.74) is 0. The number of carbonyl (C=O) groups is 2. The minimum atomic E-state index is -0.882. The SMILES string of the molecule is CCN(C(=O)NCCN(C)C1CC1)C(C)CC(=O)O. The third kappa shape index (κ3) is 5.46. The molecule has 0 spiro atoms. The Balaban J connectivity index is 2.29. The summed E-state index contributed by atoms with van der Waals surface area (Å²) < 4.78 is 0. The molecule has 0 radical (unpaired) electrons. The van der Waals surface area contributed by atoms with Gasteiger partial charge < -0.3 is 20.2 Å². The van der Waals surface area contributed by atoms with E-state index in [1.54, 1.807) is 11.8 Å². The highest BCUT2D eigenvalue weighted by Gasteiger charge is 2.26. The predicted octanol–water partition coefficient (Wildman–Crippen LogP) is 0.975. The van der Waals surface area contributed by atoms with Crippen molar-refractivity contribution in [1.82, 2.24) is 15.1 Å². The van der Waals surface area contributed by atoms with Crippen molar-refractivity contribution in [1.29, 1.82) is 0 Å². The number of hydrogen-bond donors (Lipinski definition) is 2. The van der Waals surface area contributed by atoms with Crippen molar-refractivity contribution in [3.8, 4) is 0 Å². The standard InChI is InChI=1S/C13H25N3O3/c1-4-16(10(2)9-12(17)18)13(19)14-7-8-15(3)11-5-6-11/h10-11H,4-9H2,1-3H3,(H,14,19)(H,17,18). The summed E-state index contributed by atoms with van der Waals surface area (Å²) >= 11 is 0. The third-order valence-corrected chi connectivity index (χ3v) is 3.51. The molecule has 1 aliphatic carbocycles. The van der Waals surface area contributed by atoms with E-state index < -0.39 is 5.97 Å². The van der Waals surface area contributed by atoms with Gasteiger partial charge in [0, 0.05) is 31.7 Å². The second-order valence-electron chi connectivity index (χ2n) is 5.18. The van der Waals surface area contributed by atoms with Crippen LogP contribution in [0.1, 0.15) is 33.1 Å². The van der Waals surface area contributed by atoms with Gasteiger partial charge in [-0.05, 0) is 33.7 Å². The number of carboxylic acid groups (broad SMARTS) is 1. The molecule has 0 saturated heterocycles. The lowest BCUT2D eigenvalue weighted by Crippen LogP contribution is -2.47. The number of nitrogens with one attached hydrogen (secondary N) is 1. The summed E-state index contributed by atoms with van der Waals surface area (Å²) in [6.07, 6.45) is 2.48. The van der Waals surface area contributed by atoms with Crippen LogP contribution < -0.4 is 5.32 Å². The molecule has 0 bridgehead atoms. The van der Waals surface area contributed by atoms with Crippen LogP contribution in [-0.2, 0) is 4.79 Å². The van der Waals surface area contributed by atoms with Crippen molar-refractivity contribution in [3.05, 3.63) is 0 Å². The van der Waals surface area contributed by atoms with E-state index in [2.05, 4.69) is 17.3 Å². The topological polar surface area (TPSA) is 72.9 Å². The summed E-state index contributed by atoms with van der Waals surface area (Å²) in [5, 5.41) is 11.6. The van der Waals surface area contributed by atoms with Gasteiger partial charge >= 0.3 is 12.0 Å². The van der Waals surface area contributed by atoms with Crippen LogP contribution in [0, 0.1) is 0 Å². The van der Waals surface area contributed by atoms with E-state index in [1.807, 2.05) is 6.92 Å². The van der Waals surface area contributed by atoms with Crippen LogP contribution in [0.4, 0.5) is 4.79 Å². The molecule has 0 aromatic heterocycles. The van der Waals surface area contributed by atoms with Crippen LogP contribution in [0.5, 0.6) is 0 Å². The Kier molecular flexibility index (Phi) is 6.08. The molecule has 1 unspecified atom stereocenters. The molecule has 1 saturated carbocycles. The Morgan fingerprint density at radius 3 is 2.53 bits per heavy atom. The molecule has 0 aromatic rings. The first kappa shape index (κ1) is 15.8. The number of carboxylic acids is 1. The molecule has 2 N–H and O–H groups in total. The molecule has 0 aromatic carbocycles. The summed E-state index contributed by atoms with van der Waals surface area (Å²) in [6, 6.07) is 0.217. The quantitative estimate of drug-likeness (QED) is 0.690. The number of carbonyl (C=O) groups excluding carboxylic acids is 1. The molecule has 19 heavy (non-hydrogen) atoms. The summed E-state index contributed by atoms with van der Waals surface area (Å²) in [5.74, 6) is -0.882. The van der Waals surface area contributed by atoms with Gasteiger partial charge in [0.2, 0.25) is 0 Å². The van der Waals surface area contributed by atoms with Gasteiger partial charge in [-0.1, -0.05) is 0 Å². The summed E-state index contributed by atoms with van der Waals surface area (Å²) in [6.45, 7) is 5.56. The van der Waals surface area contributed by atoms with Gasteiger partial charge in [0.15, 0.2) is 0 Å². The summed E-state index contributed by atoms with van der Waals surface area (Å²) in [4.78, 5) is 26.4. The maximum atomic E-state index is 12.0. The Morgan fingerprint density at radius 1 is 1.42 bits per heavy atom. The first-order chi connectivity index (χ1) is 8.95. The number of amides is 2. The van der Waals surface area contributed by atoms with E-state index >= 15 is 0 Å². The Bertz CT molecular complexity index is 318. The minimum absolute atomic E-state index is 0.0246. The van der Waals surface area contributed by atoms with Gasteiger partial charge in [-0.3, -0.25) is 4.79 Å². The van der Waals surface area contributed by atoms with Crippen LogP contribution in [0.25, 0.3) is 0 Å². The van der Waals surface area contributed by atoms with Gasteiger partial charge in [-0.2, -0.15) is 0 Å². The fourth-order valence-electron chi connectivity index (χ4n) is 2.16. The highest BCUT2D eigenvalue weighted by molar-refractivity contribution is 5.75. The predicted molar refractivity (Wildman–Crippen MR) is 73.1 cm³/mol. The number of aliphatic carboxylic acids is 1. The molecule has 6 heteroatoms. The molecule has 6 nitrogen and oxygen atoms in total. The number of likely N-dealkylation sites (N-methyl/N-ethyl adjacent to an activating group) is 1. The lowest BCUT2D eigenvalue weighted by atomic mass is 10.2. The highest BCUT2D eigenvalue weighted by atomic mass is 16.4. The zero-order chi connectivity index (χ0) is 14.4. The summed E-state index contributed by atoms with van der Waals surface area (Å²) in [7, 11) is 2.06. The van der Waals surface area contributed by atoms with E-state index in [1.165, 1.54) is 12.8 Å². The average Bonchev–Trinajstić information content (AvgIpc) is 3.12. The van der Waals surface area contributed by atoms with Crippen LogP contribution in [0.2, 0.25) is 0 Å². The third-order valence-electron chi connectivity index (χ3n) is 3.51. The van der Waals surface area contributed by atoms with Crippen molar-refractivity contribution >= 4 is 12.0 Å². The van der Waals surface area contributed by atoms with E-state index in [9.17, 15) is 9.59 Å². The van der Waals surface area contributed by atoms with E-state index in [4.69, 9.17) is 5.11 Å². The molecule has 1 fully saturated rings. The van der Waals surface area contributed by atoms with Crippen molar-refractivity contribution in [3.63, 3.8) is 0 Å². The van der Waals surface area contributed by atoms with Crippen LogP contribution in [0.3, 0.4) is 0 Å². The van der Waals surface area contributed by atoms with Crippen LogP contribution in [-0.4, -0.2) is 65.7 Å². The maximum absolute atomic E-state index is 12.0. The lowest BCUT2D eigenvalue weighted by Gasteiger charge is -2.27. The molecule has 1 aliphatic rings. The molecule has 0 aliphatic heterocycles. The van der Waals surface area contributed by atoms with Gasteiger partial charge in [0.25, 0.3) is 0 Å². The smallest absolute Gasteiger partial charge is 0.317 e. The first-order valence-corrected chi connectivity index (χ1v) is 6.92. The molecule has 110 valence electrons. The lowest BCUT2D eigenvalue weighted by molar-refractivity contribution is -0.138. The molecule has 0 heterocycles. The molecular weight excluding hydrogens is 246 g/mol. The van der Waals surface area contributed by atoms with Gasteiger partial charge in [0.05, 0.1) is 6.42 Å². The average molecular weight is 271 g/mol. The van der Waals surface area contributed by atoms with E-state index in [0.29, 0.717) is 19.1 Å². The van der Waals surface area contributed by atoms with Crippen molar-refractivity contribution in [2.75, 3.05) is 26.7 Å². The van der Waals surface area contributed by atoms with Gasteiger partial charge in [-0.15, -0.1) is 0 Å². The monoisotopic (exact) mass is 271 g/mol. The minimum Gasteiger partial charge on any atom is -0.481 e. The second-order valence-corrected chi connectivity index (χ2v) is 5.18. The normalized spacial score (nSPS) is 16.2. The zero-order valence-electron chi connectivity index (χ0n) is 12.1. The fraction of sp³-hybridized carbons (Fsp3) is 0.846. The maximum Gasteiger partial charge on any atom is 0.317 e. The Hall–Kier alpha value is -1.30. The largest absolute Gasteiger partial charge is 0.481 e. The second kappa shape index (κ2) is 7.33. The van der Waals surface area contributed by atoms with Crippen molar-refractivity contribution in [2.24, 2.45) is 0 Å². The number of urea groups is 1. The molecule has 1 rings (SSSR count). The first-order valence-electron chi connectivity index (χ1n) is 6.92. The fourth-order valence-corrected chi connectivity index (χ4v) is 2.16. The van der Waals surface area contributed by atoms with E-state index in [0.717, 1.165) is 6.54 Å². The Morgan fingerprint density at radius 2 is 2.05 bits per heavy atom. The Labute approximate surface area is 114 Å². The molecular formula is C13H25N3O3. The molecule has 2 amide bonds.